The average Bonchev–Trinajstić information content (AvgIpc) is 2.97. The molecule has 3 rings (SSSR count). The van der Waals surface area contributed by atoms with Crippen LogP contribution in [0.15, 0.2) is 48.5 Å². The van der Waals surface area contributed by atoms with Crippen LogP contribution in [0.1, 0.15) is 36.0 Å². The Morgan fingerprint density at radius 3 is 2.70 bits per heavy atom. The van der Waals surface area contributed by atoms with Crippen molar-refractivity contribution in [3.63, 3.8) is 0 Å². The van der Waals surface area contributed by atoms with Gasteiger partial charge in [0.25, 0.3) is 5.91 Å². The zero-order chi connectivity index (χ0) is 19.4. The second-order valence-electron chi connectivity index (χ2n) is 6.87. The number of benzene rings is 2. The van der Waals surface area contributed by atoms with Gasteiger partial charge in [-0.1, -0.05) is 38.1 Å². The number of rotatable bonds is 8. The van der Waals surface area contributed by atoms with E-state index in [4.69, 9.17) is 9.47 Å². The normalized spacial score (nSPS) is 17.3. The molecule has 0 aliphatic carbocycles. The Kier molecular flexibility index (Phi) is 6.11. The number of anilines is 1. The van der Waals surface area contributed by atoms with E-state index in [1.165, 1.54) is 0 Å². The fourth-order valence-corrected chi connectivity index (χ4v) is 3.09. The summed E-state index contributed by atoms with van der Waals surface area (Å²) in [7, 11) is 1.59. The topological polar surface area (TPSA) is 71.0 Å². The molecule has 144 valence electrons. The molecule has 0 fully saturated rings. The number of methoxy groups -OCH3 is 1. The molecule has 2 atom stereocenters. The molecule has 2 unspecified atom stereocenters. The van der Waals surface area contributed by atoms with Gasteiger partial charge in [0.15, 0.2) is 6.23 Å². The molecule has 1 heterocycles. The fourth-order valence-electron chi connectivity index (χ4n) is 3.09. The summed E-state index contributed by atoms with van der Waals surface area (Å²) in [6.07, 6.45) is -1.25. The molecule has 1 aliphatic rings. The maximum absolute atomic E-state index is 13.0. The monoisotopic (exact) mass is 370 g/mol. The van der Waals surface area contributed by atoms with E-state index in [1.807, 2.05) is 50.2 Å². The molecule has 1 aliphatic heterocycles. The summed E-state index contributed by atoms with van der Waals surface area (Å²) < 4.78 is 11.3. The Balaban J connectivity index is 1.84. The SMILES string of the molecule is COc1cccc(N2C(=O)c3ccccc3C2OCC(O)CNC(C)C)c1. The summed E-state index contributed by atoms with van der Waals surface area (Å²) >= 11 is 0. The summed E-state index contributed by atoms with van der Waals surface area (Å²) in [5.41, 5.74) is 2.10. The van der Waals surface area contributed by atoms with Gasteiger partial charge in [-0.05, 0) is 18.2 Å². The standard InChI is InChI=1S/C21H26N2O4/c1-14(2)22-12-16(24)13-27-21-19-10-5-4-9-18(19)20(25)23(21)15-7-6-8-17(11-15)26-3/h4-11,14,16,21-22,24H,12-13H2,1-3H3. The predicted octanol–water partition coefficient (Wildman–Crippen LogP) is 2.73. The molecule has 27 heavy (non-hydrogen) atoms. The van der Waals surface area contributed by atoms with E-state index in [0.717, 1.165) is 5.56 Å². The second kappa shape index (κ2) is 8.52. The van der Waals surface area contributed by atoms with Crippen molar-refractivity contribution in [1.82, 2.24) is 5.32 Å². The van der Waals surface area contributed by atoms with Crippen molar-refractivity contribution in [1.29, 1.82) is 0 Å². The number of ether oxygens (including phenoxy) is 2. The third-order valence-corrected chi connectivity index (χ3v) is 4.45. The molecule has 0 spiro atoms. The maximum Gasteiger partial charge on any atom is 0.261 e. The molecule has 0 bridgehead atoms. The van der Waals surface area contributed by atoms with Crippen LogP contribution >= 0.6 is 0 Å². The lowest BCUT2D eigenvalue weighted by molar-refractivity contribution is -0.00722. The lowest BCUT2D eigenvalue weighted by atomic mass is 10.1. The van der Waals surface area contributed by atoms with Crippen LogP contribution in [0, 0.1) is 0 Å². The van der Waals surface area contributed by atoms with Gasteiger partial charge in [0, 0.05) is 29.8 Å². The van der Waals surface area contributed by atoms with Gasteiger partial charge in [-0.3, -0.25) is 9.69 Å². The second-order valence-corrected chi connectivity index (χ2v) is 6.87. The molecule has 0 saturated heterocycles. The van der Waals surface area contributed by atoms with E-state index in [2.05, 4.69) is 5.32 Å². The minimum Gasteiger partial charge on any atom is -0.497 e. The number of hydrogen-bond donors (Lipinski definition) is 2. The van der Waals surface area contributed by atoms with Crippen LogP contribution in [0.2, 0.25) is 0 Å². The van der Waals surface area contributed by atoms with Crippen molar-refractivity contribution in [2.75, 3.05) is 25.2 Å². The minimum absolute atomic E-state index is 0.118. The Morgan fingerprint density at radius 2 is 1.96 bits per heavy atom. The highest BCUT2D eigenvalue weighted by Crippen LogP contribution is 2.39. The molecule has 2 aromatic rings. The summed E-state index contributed by atoms with van der Waals surface area (Å²) in [5, 5.41) is 13.4. The van der Waals surface area contributed by atoms with Gasteiger partial charge in [0.1, 0.15) is 5.75 Å². The zero-order valence-electron chi connectivity index (χ0n) is 15.9. The van der Waals surface area contributed by atoms with Crippen LogP contribution in [0.4, 0.5) is 5.69 Å². The summed E-state index contributed by atoms with van der Waals surface area (Å²) in [5.74, 6) is 0.537. The quantitative estimate of drug-likeness (QED) is 0.748. The average molecular weight is 370 g/mol. The van der Waals surface area contributed by atoms with Crippen LogP contribution in [-0.2, 0) is 4.74 Å². The van der Waals surface area contributed by atoms with Gasteiger partial charge in [-0.2, -0.15) is 0 Å². The van der Waals surface area contributed by atoms with Crippen LogP contribution in [-0.4, -0.2) is 43.4 Å². The molecular weight excluding hydrogens is 344 g/mol. The molecular formula is C21H26N2O4. The first-order valence-corrected chi connectivity index (χ1v) is 9.11. The van der Waals surface area contributed by atoms with Crippen LogP contribution in [0.5, 0.6) is 5.75 Å². The van der Waals surface area contributed by atoms with Gasteiger partial charge in [0.05, 0.1) is 25.5 Å². The first kappa shape index (κ1) is 19.4. The lowest BCUT2D eigenvalue weighted by Gasteiger charge is -2.27. The highest BCUT2D eigenvalue weighted by molar-refractivity contribution is 6.10. The Labute approximate surface area is 159 Å². The van der Waals surface area contributed by atoms with Crippen molar-refractivity contribution in [3.8, 4) is 5.75 Å². The van der Waals surface area contributed by atoms with Crippen LogP contribution < -0.4 is 15.0 Å². The maximum atomic E-state index is 13.0. The van der Waals surface area contributed by atoms with E-state index in [9.17, 15) is 9.90 Å². The Bertz CT molecular complexity index is 793. The number of nitrogens with zero attached hydrogens (tertiary/aromatic N) is 1. The fraction of sp³-hybridized carbons (Fsp3) is 0.381. The highest BCUT2D eigenvalue weighted by Gasteiger charge is 2.38. The number of amides is 1. The van der Waals surface area contributed by atoms with Gasteiger partial charge in [-0.15, -0.1) is 0 Å². The molecule has 1 amide bonds. The van der Waals surface area contributed by atoms with Crippen molar-refractivity contribution >= 4 is 11.6 Å². The lowest BCUT2D eigenvalue weighted by Crippen LogP contribution is -2.36. The molecule has 0 saturated carbocycles. The van der Waals surface area contributed by atoms with Crippen LogP contribution in [0.25, 0.3) is 0 Å². The van der Waals surface area contributed by atoms with E-state index < -0.39 is 12.3 Å². The third-order valence-electron chi connectivity index (χ3n) is 4.45. The number of aliphatic hydroxyl groups excluding tert-OH is 1. The van der Waals surface area contributed by atoms with Gasteiger partial charge < -0.3 is 19.9 Å². The van der Waals surface area contributed by atoms with E-state index in [-0.39, 0.29) is 18.6 Å². The minimum atomic E-state index is -0.664. The van der Waals surface area contributed by atoms with Gasteiger partial charge in [0.2, 0.25) is 0 Å². The van der Waals surface area contributed by atoms with E-state index in [1.54, 1.807) is 24.1 Å². The summed E-state index contributed by atoms with van der Waals surface area (Å²) in [6.45, 7) is 4.58. The third kappa shape index (κ3) is 4.30. The number of nitrogens with one attached hydrogen (secondary N) is 1. The highest BCUT2D eigenvalue weighted by atomic mass is 16.5. The molecule has 6 nitrogen and oxygen atoms in total. The molecule has 0 radical (unpaired) electrons. The van der Waals surface area contributed by atoms with Crippen molar-refractivity contribution in [3.05, 3.63) is 59.7 Å². The zero-order valence-corrected chi connectivity index (χ0v) is 15.9. The molecule has 6 heteroatoms. The smallest absolute Gasteiger partial charge is 0.261 e. The van der Waals surface area contributed by atoms with E-state index >= 15 is 0 Å². The van der Waals surface area contributed by atoms with Crippen molar-refractivity contribution in [2.24, 2.45) is 0 Å². The van der Waals surface area contributed by atoms with Crippen molar-refractivity contribution in [2.45, 2.75) is 32.2 Å². The number of aliphatic hydroxyl groups is 1. The van der Waals surface area contributed by atoms with Gasteiger partial charge in [-0.25, -0.2) is 0 Å². The Hall–Kier alpha value is -2.41. The largest absolute Gasteiger partial charge is 0.497 e. The van der Waals surface area contributed by atoms with Gasteiger partial charge >= 0.3 is 0 Å². The number of carbonyl (C=O) groups excluding carboxylic acids is 1. The summed E-state index contributed by atoms with van der Waals surface area (Å²) in [6, 6.07) is 15.0. The number of fused-ring (bicyclic) bond motifs is 1. The first-order valence-electron chi connectivity index (χ1n) is 9.11. The Morgan fingerprint density at radius 1 is 1.19 bits per heavy atom. The molecule has 2 N–H and O–H groups in total. The molecule has 2 aromatic carbocycles. The van der Waals surface area contributed by atoms with Crippen LogP contribution in [0.3, 0.4) is 0 Å². The predicted molar refractivity (Wildman–Crippen MR) is 104 cm³/mol. The number of hydrogen-bond acceptors (Lipinski definition) is 5. The molecule has 0 aromatic heterocycles. The first-order chi connectivity index (χ1) is 13.0. The van der Waals surface area contributed by atoms with E-state index in [0.29, 0.717) is 23.5 Å². The number of carbonyl (C=O) groups is 1. The summed E-state index contributed by atoms with van der Waals surface area (Å²) in [4.78, 5) is 14.6. The van der Waals surface area contributed by atoms with Crippen molar-refractivity contribution < 1.29 is 19.4 Å².